The first-order valence-corrected chi connectivity index (χ1v) is 13.8. The highest BCUT2D eigenvalue weighted by atomic mass is 33.1. The minimum absolute atomic E-state index is 0.107. The largest absolute Gasteiger partial charge is 0.355 e. The summed E-state index contributed by atoms with van der Waals surface area (Å²) in [6.07, 6.45) is 7.07. The first-order valence-electron chi connectivity index (χ1n) is 11.3. The molecule has 6 N–H and O–H groups in total. The van der Waals surface area contributed by atoms with Gasteiger partial charge in [0.15, 0.2) is 0 Å². The van der Waals surface area contributed by atoms with Crippen LogP contribution in [0.3, 0.4) is 0 Å². The van der Waals surface area contributed by atoms with Crippen molar-refractivity contribution in [2.75, 3.05) is 63.9 Å². The number of nitrogens with one attached hydrogen (secondary N) is 2. The molecule has 0 aromatic rings. The van der Waals surface area contributed by atoms with Crippen LogP contribution in [0.25, 0.3) is 0 Å². The van der Waals surface area contributed by atoms with E-state index in [0.717, 1.165) is 25.9 Å². The molecule has 2 saturated heterocycles. The maximum Gasteiger partial charge on any atom is 0.237 e. The van der Waals surface area contributed by atoms with E-state index in [1.807, 2.05) is 0 Å². The Morgan fingerprint density at radius 1 is 0.733 bits per heavy atom. The quantitative estimate of drug-likeness (QED) is 0.203. The van der Waals surface area contributed by atoms with Gasteiger partial charge in [0.25, 0.3) is 0 Å². The Morgan fingerprint density at radius 2 is 1.10 bits per heavy atom. The van der Waals surface area contributed by atoms with Crippen molar-refractivity contribution >= 4 is 33.4 Å². The van der Waals surface area contributed by atoms with Gasteiger partial charge >= 0.3 is 0 Å². The van der Waals surface area contributed by atoms with E-state index in [1.54, 1.807) is 0 Å². The average Bonchev–Trinajstić information content (AvgIpc) is 3.45. The molecule has 0 radical (unpaired) electrons. The fraction of sp³-hybridized carbons (Fsp3) is 0.900. The third kappa shape index (κ3) is 10.7. The summed E-state index contributed by atoms with van der Waals surface area (Å²) >= 11 is 0. The molecule has 2 fully saturated rings. The van der Waals surface area contributed by atoms with Crippen molar-refractivity contribution in [2.24, 2.45) is 11.5 Å². The third-order valence-electron chi connectivity index (χ3n) is 5.55. The first-order chi connectivity index (χ1) is 14.6. The lowest BCUT2D eigenvalue weighted by atomic mass is 10.3. The molecular weight excluding hydrogens is 420 g/mol. The summed E-state index contributed by atoms with van der Waals surface area (Å²) in [4.78, 5) is 29.0. The second kappa shape index (κ2) is 15.3. The molecule has 2 atom stereocenters. The molecule has 2 aliphatic rings. The monoisotopic (exact) mass is 460 g/mol. The van der Waals surface area contributed by atoms with Crippen LogP contribution in [0.5, 0.6) is 0 Å². The molecule has 0 aromatic heterocycles. The number of carbonyl (C=O) groups excluding carboxylic acids is 2. The summed E-state index contributed by atoms with van der Waals surface area (Å²) in [5, 5.41) is 5.84. The van der Waals surface area contributed by atoms with Crippen molar-refractivity contribution in [3.63, 3.8) is 0 Å². The van der Waals surface area contributed by atoms with Gasteiger partial charge < -0.3 is 31.9 Å². The van der Waals surface area contributed by atoms with Crippen molar-refractivity contribution in [1.29, 1.82) is 0 Å². The Kier molecular flexibility index (Phi) is 13.1. The van der Waals surface area contributed by atoms with Gasteiger partial charge in [-0.1, -0.05) is 21.6 Å². The fourth-order valence-corrected chi connectivity index (χ4v) is 5.94. The molecule has 2 rings (SSSR count). The number of hydrogen-bond acceptors (Lipinski definition) is 8. The summed E-state index contributed by atoms with van der Waals surface area (Å²) < 4.78 is 0. The van der Waals surface area contributed by atoms with Crippen LogP contribution >= 0.6 is 21.6 Å². The fourth-order valence-electron chi connectivity index (χ4n) is 3.70. The molecule has 2 heterocycles. The molecule has 2 amide bonds. The first kappa shape index (κ1) is 25.7. The van der Waals surface area contributed by atoms with Gasteiger partial charge in [0.2, 0.25) is 11.8 Å². The molecule has 0 spiro atoms. The zero-order valence-corrected chi connectivity index (χ0v) is 19.8. The topological polar surface area (TPSA) is 117 Å². The molecular formula is C20H40N6O2S2. The van der Waals surface area contributed by atoms with E-state index in [1.165, 1.54) is 73.5 Å². The van der Waals surface area contributed by atoms with Gasteiger partial charge in [0, 0.05) is 24.6 Å². The lowest BCUT2D eigenvalue weighted by molar-refractivity contribution is -0.122. The van der Waals surface area contributed by atoms with Gasteiger partial charge in [-0.2, -0.15) is 0 Å². The van der Waals surface area contributed by atoms with Gasteiger partial charge in [-0.3, -0.25) is 9.59 Å². The lowest BCUT2D eigenvalue weighted by Gasteiger charge is -2.16. The van der Waals surface area contributed by atoms with E-state index < -0.39 is 12.1 Å². The Morgan fingerprint density at radius 3 is 1.47 bits per heavy atom. The number of nitrogens with zero attached hydrogens (tertiary/aromatic N) is 2. The van der Waals surface area contributed by atoms with Crippen molar-refractivity contribution in [3.8, 4) is 0 Å². The van der Waals surface area contributed by atoms with Crippen molar-refractivity contribution in [3.05, 3.63) is 0 Å². The molecule has 174 valence electrons. The minimum atomic E-state index is -0.537. The standard InChI is InChI=1S/C20H40N6O2S2/c21-17(19(27)23-7-5-13-25-9-1-2-10-25)15-29-30-16-18(22)20(28)24-8-6-14-26-11-3-4-12-26/h17-18H,1-16,21-22H2,(H,23,27)(H,24,28). The lowest BCUT2D eigenvalue weighted by Crippen LogP contribution is -2.43. The molecule has 2 unspecified atom stereocenters. The van der Waals surface area contributed by atoms with Crippen LogP contribution in [0.1, 0.15) is 38.5 Å². The van der Waals surface area contributed by atoms with Crippen LogP contribution in [-0.2, 0) is 9.59 Å². The molecule has 10 heteroatoms. The third-order valence-corrected chi connectivity index (χ3v) is 8.02. The van der Waals surface area contributed by atoms with Crippen molar-refractivity contribution < 1.29 is 9.59 Å². The summed E-state index contributed by atoms with van der Waals surface area (Å²) in [6.45, 7) is 8.14. The smallest absolute Gasteiger partial charge is 0.237 e. The summed E-state index contributed by atoms with van der Waals surface area (Å²) in [7, 11) is 2.99. The zero-order chi connectivity index (χ0) is 21.6. The molecule has 0 saturated carbocycles. The average molecular weight is 461 g/mol. The van der Waals surface area contributed by atoms with Crippen LogP contribution in [0.4, 0.5) is 0 Å². The van der Waals surface area contributed by atoms with E-state index in [2.05, 4.69) is 20.4 Å². The molecule has 0 aliphatic carbocycles. The van der Waals surface area contributed by atoms with Gasteiger partial charge in [-0.05, 0) is 77.8 Å². The predicted molar refractivity (Wildman–Crippen MR) is 127 cm³/mol. The Labute approximate surface area is 189 Å². The van der Waals surface area contributed by atoms with Gasteiger partial charge in [-0.25, -0.2) is 0 Å². The van der Waals surface area contributed by atoms with Crippen molar-refractivity contribution in [2.45, 2.75) is 50.6 Å². The summed E-state index contributed by atoms with van der Waals surface area (Å²) in [5.41, 5.74) is 11.9. The highest BCUT2D eigenvalue weighted by Gasteiger charge is 2.17. The van der Waals surface area contributed by atoms with Crippen LogP contribution in [-0.4, -0.2) is 97.6 Å². The number of hydrogen-bond donors (Lipinski definition) is 4. The number of nitrogens with two attached hydrogens (primary N) is 2. The molecule has 0 bridgehead atoms. The van der Waals surface area contributed by atoms with Gasteiger partial charge in [-0.15, -0.1) is 0 Å². The molecule has 8 nitrogen and oxygen atoms in total. The Balaban J connectivity index is 1.42. The molecule has 30 heavy (non-hydrogen) atoms. The Hall–Kier alpha value is -0.520. The van der Waals surface area contributed by atoms with Crippen molar-refractivity contribution in [1.82, 2.24) is 20.4 Å². The SMILES string of the molecule is NC(CSSCC(N)C(=O)NCCCN1CCCC1)C(=O)NCCCN1CCCC1. The normalized spacial score (nSPS) is 19.7. The predicted octanol–water partition coefficient (Wildman–Crippen LogP) is 0.227. The summed E-state index contributed by atoms with van der Waals surface area (Å²) in [5.74, 6) is 0.800. The van der Waals surface area contributed by atoms with Crippen LogP contribution < -0.4 is 22.1 Å². The van der Waals surface area contributed by atoms with E-state index in [-0.39, 0.29) is 11.8 Å². The number of carbonyl (C=O) groups is 2. The number of likely N-dealkylation sites (tertiary alicyclic amines) is 2. The maximum atomic E-state index is 12.1. The second-order valence-corrected chi connectivity index (χ2v) is 10.7. The van der Waals surface area contributed by atoms with E-state index >= 15 is 0 Å². The van der Waals surface area contributed by atoms with Crippen LogP contribution in [0.2, 0.25) is 0 Å². The van der Waals surface area contributed by atoms with Crippen LogP contribution in [0, 0.1) is 0 Å². The minimum Gasteiger partial charge on any atom is -0.355 e. The zero-order valence-electron chi connectivity index (χ0n) is 18.2. The van der Waals surface area contributed by atoms with Gasteiger partial charge in [0.1, 0.15) is 0 Å². The molecule has 0 aromatic carbocycles. The number of rotatable bonds is 15. The highest BCUT2D eigenvalue weighted by molar-refractivity contribution is 8.76. The van der Waals surface area contributed by atoms with Crippen LogP contribution in [0.15, 0.2) is 0 Å². The van der Waals surface area contributed by atoms with E-state index in [0.29, 0.717) is 24.6 Å². The number of amides is 2. The molecule has 2 aliphatic heterocycles. The van der Waals surface area contributed by atoms with Gasteiger partial charge in [0.05, 0.1) is 12.1 Å². The van der Waals surface area contributed by atoms with E-state index in [4.69, 9.17) is 11.5 Å². The highest BCUT2D eigenvalue weighted by Crippen LogP contribution is 2.22. The summed E-state index contributed by atoms with van der Waals surface area (Å²) in [6, 6.07) is -1.07. The maximum absolute atomic E-state index is 12.1. The van der Waals surface area contributed by atoms with E-state index in [9.17, 15) is 9.59 Å². The second-order valence-electron chi connectivity index (χ2n) is 8.17. The Bertz CT molecular complexity index is 458.